The molecule has 0 radical (unpaired) electrons. The highest BCUT2D eigenvalue weighted by Gasteiger charge is 2.06. The summed E-state index contributed by atoms with van der Waals surface area (Å²) in [5.41, 5.74) is 3.40. The van der Waals surface area contributed by atoms with Gasteiger partial charge >= 0.3 is 6.03 Å². The molecule has 0 aliphatic rings. The molecule has 2 rings (SSSR count). The Morgan fingerprint density at radius 3 is 2.25 bits per heavy atom. The van der Waals surface area contributed by atoms with Gasteiger partial charge in [0.25, 0.3) is 0 Å². The van der Waals surface area contributed by atoms with Gasteiger partial charge < -0.3 is 10.6 Å². The van der Waals surface area contributed by atoms with E-state index in [4.69, 9.17) is 23.2 Å². The third-order valence-corrected chi connectivity index (χ3v) is 3.20. The zero-order valence-electron chi connectivity index (χ0n) is 11.1. The summed E-state index contributed by atoms with van der Waals surface area (Å²) in [7, 11) is 0. The molecule has 20 heavy (non-hydrogen) atoms. The minimum Gasteiger partial charge on any atom is -0.308 e. The van der Waals surface area contributed by atoms with Crippen LogP contribution < -0.4 is 10.6 Å². The minimum atomic E-state index is -0.336. The molecule has 0 atom stereocenters. The Kier molecular flexibility index (Phi) is 4.53. The van der Waals surface area contributed by atoms with Crippen LogP contribution in [-0.2, 0) is 0 Å². The van der Waals surface area contributed by atoms with Crippen molar-refractivity contribution < 1.29 is 4.79 Å². The second kappa shape index (κ2) is 6.16. The molecule has 0 saturated heterocycles. The van der Waals surface area contributed by atoms with Crippen molar-refractivity contribution in [1.29, 1.82) is 0 Å². The van der Waals surface area contributed by atoms with Gasteiger partial charge in [-0.15, -0.1) is 0 Å². The van der Waals surface area contributed by atoms with Gasteiger partial charge in [-0.3, -0.25) is 0 Å². The van der Waals surface area contributed by atoms with Crippen LogP contribution in [0.2, 0.25) is 10.0 Å². The minimum absolute atomic E-state index is 0.336. The Morgan fingerprint density at radius 1 is 0.950 bits per heavy atom. The smallest absolute Gasteiger partial charge is 0.308 e. The van der Waals surface area contributed by atoms with Gasteiger partial charge in [-0.25, -0.2) is 4.79 Å². The summed E-state index contributed by atoms with van der Waals surface area (Å²) in [4.78, 5) is 12.0. The van der Waals surface area contributed by atoms with Crippen LogP contribution in [0.3, 0.4) is 0 Å². The molecule has 2 aromatic rings. The first-order chi connectivity index (χ1) is 9.44. The number of hydrogen-bond acceptors (Lipinski definition) is 1. The highest BCUT2D eigenvalue weighted by molar-refractivity contribution is 6.35. The molecular weight excluding hydrogens is 295 g/mol. The largest absolute Gasteiger partial charge is 0.323 e. The lowest BCUT2D eigenvalue weighted by Gasteiger charge is -2.11. The zero-order valence-corrected chi connectivity index (χ0v) is 12.6. The summed E-state index contributed by atoms with van der Waals surface area (Å²) in [6, 6.07) is 10.4. The van der Waals surface area contributed by atoms with Gasteiger partial charge in [0.05, 0.1) is 0 Å². The molecule has 2 aromatic carbocycles. The molecule has 0 saturated carbocycles. The second-order valence-electron chi connectivity index (χ2n) is 4.56. The molecule has 0 aliphatic heterocycles. The Hall–Kier alpha value is -1.71. The van der Waals surface area contributed by atoms with E-state index in [0.717, 1.165) is 16.8 Å². The van der Waals surface area contributed by atoms with Crippen molar-refractivity contribution in [3.8, 4) is 0 Å². The lowest BCUT2D eigenvalue weighted by atomic mass is 10.1. The maximum absolute atomic E-state index is 12.0. The lowest BCUT2D eigenvalue weighted by Crippen LogP contribution is -2.20. The van der Waals surface area contributed by atoms with Gasteiger partial charge in [-0.2, -0.15) is 0 Å². The van der Waals surface area contributed by atoms with Gasteiger partial charge in [0.1, 0.15) is 0 Å². The van der Waals surface area contributed by atoms with Crippen LogP contribution in [0.4, 0.5) is 16.2 Å². The Morgan fingerprint density at radius 2 is 1.60 bits per heavy atom. The average molecular weight is 309 g/mol. The van der Waals surface area contributed by atoms with Crippen LogP contribution in [0.5, 0.6) is 0 Å². The van der Waals surface area contributed by atoms with Crippen molar-refractivity contribution in [3.05, 3.63) is 57.6 Å². The molecule has 0 unspecified atom stereocenters. The maximum atomic E-state index is 12.0. The van der Waals surface area contributed by atoms with Crippen LogP contribution in [0, 0.1) is 13.8 Å². The molecule has 0 heterocycles. The number of carbonyl (C=O) groups excluding carboxylic acids is 1. The van der Waals surface area contributed by atoms with Crippen LogP contribution in [0.15, 0.2) is 36.4 Å². The first-order valence-corrected chi connectivity index (χ1v) is 6.81. The molecule has 0 fully saturated rings. The quantitative estimate of drug-likeness (QED) is 0.781. The Balaban J connectivity index is 2.11. The standard InChI is InChI=1S/C15H14Cl2N2O/c1-9-3-4-10(2)14(5-9)19-15(20)18-13-7-11(16)6-12(17)8-13/h3-8H,1-2H3,(H2,18,19,20). The molecule has 0 aliphatic carbocycles. The van der Waals surface area contributed by atoms with Gasteiger partial charge in [0, 0.05) is 21.4 Å². The molecule has 0 spiro atoms. The third kappa shape index (κ3) is 3.89. The summed E-state index contributed by atoms with van der Waals surface area (Å²) in [6.07, 6.45) is 0. The predicted molar refractivity (Wildman–Crippen MR) is 85.0 cm³/mol. The van der Waals surface area contributed by atoms with E-state index in [1.165, 1.54) is 0 Å². The number of anilines is 2. The highest BCUT2D eigenvalue weighted by Crippen LogP contribution is 2.23. The molecule has 3 nitrogen and oxygen atoms in total. The maximum Gasteiger partial charge on any atom is 0.323 e. The first kappa shape index (κ1) is 14.7. The van der Waals surface area contributed by atoms with E-state index < -0.39 is 0 Å². The molecule has 2 amide bonds. The number of rotatable bonds is 2. The molecule has 5 heteroatoms. The van der Waals surface area contributed by atoms with E-state index >= 15 is 0 Å². The fourth-order valence-electron chi connectivity index (χ4n) is 1.78. The van der Waals surface area contributed by atoms with Gasteiger partial charge in [-0.05, 0) is 49.2 Å². The van der Waals surface area contributed by atoms with Gasteiger partial charge in [0.2, 0.25) is 0 Å². The normalized spacial score (nSPS) is 10.2. The fraction of sp³-hybridized carbons (Fsp3) is 0.133. The monoisotopic (exact) mass is 308 g/mol. The van der Waals surface area contributed by atoms with E-state index in [-0.39, 0.29) is 6.03 Å². The van der Waals surface area contributed by atoms with E-state index in [1.54, 1.807) is 18.2 Å². The molecule has 104 valence electrons. The van der Waals surface area contributed by atoms with Gasteiger partial charge in [-0.1, -0.05) is 35.3 Å². The second-order valence-corrected chi connectivity index (χ2v) is 5.43. The third-order valence-electron chi connectivity index (χ3n) is 2.76. The average Bonchev–Trinajstić information content (AvgIpc) is 2.32. The van der Waals surface area contributed by atoms with Crippen molar-refractivity contribution >= 4 is 40.6 Å². The topological polar surface area (TPSA) is 41.1 Å². The van der Waals surface area contributed by atoms with Crippen molar-refractivity contribution in [1.82, 2.24) is 0 Å². The van der Waals surface area contributed by atoms with Crippen LogP contribution in [0.1, 0.15) is 11.1 Å². The fourth-order valence-corrected chi connectivity index (χ4v) is 2.31. The first-order valence-electron chi connectivity index (χ1n) is 6.05. The van der Waals surface area contributed by atoms with Crippen molar-refractivity contribution in [3.63, 3.8) is 0 Å². The number of aryl methyl sites for hydroxylation is 2. The van der Waals surface area contributed by atoms with E-state index in [0.29, 0.717) is 15.7 Å². The summed E-state index contributed by atoms with van der Waals surface area (Å²) in [5, 5.41) is 6.45. The zero-order chi connectivity index (χ0) is 14.7. The summed E-state index contributed by atoms with van der Waals surface area (Å²) >= 11 is 11.8. The number of carbonyl (C=O) groups is 1. The summed E-state index contributed by atoms with van der Waals surface area (Å²) in [6.45, 7) is 3.91. The van der Waals surface area contributed by atoms with Crippen LogP contribution in [-0.4, -0.2) is 6.03 Å². The Bertz CT molecular complexity index is 636. The predicted octanol–water partition coefficient (Wildman–Crippen LogP) is 5.25. The van der Waals surface area contributed by atoms with E-state index in [1.807, 2.05) is 32.0 Å². The molecular formula is C15H14Cl2N2O. The van der Waals surface area contributed by atoms with E-state index in [9.17, 15) is 4.79 Å². The van der Waals surface area contributed by atoms with Crippen LogP contribution in [0.25, 0.3) is 0 Å². The Labute approximate surface area is 127 Å². The van der Waals surface area contributed by atoms with Crippen molar-refractivity contribution in [2.24, 2.45) is 0 Å². The molecule has 0 aromatic heterocycles. The van der Waals surface area contributed by atoms with Crippen molar-refractivity contribution in [2.45, 2.75) is 13.8 Å². The number of benzene rings is 2. The number of halogens is 2. The molecule has 2 N–H and O–H groups in total. The van der Waals surface area contributed by atoms with Crippen molar-refractivity contribution in [2.75, 3.05) is 10.6 Å². The number of hydrogen-bond donors (Lipinski definition) is 2. The highest BCUT2D eigenvalue weighted by atomic mass is 35.5. The number of amides is 2. The lowest BCUT2D eigenvalue weighted by molar-refractivity contribution is 0.262. The molecule has 0 bridgehead atoms. The number of nitrogens with one attached hydrogen (secondary N) is 2. The van der Waals surface area contributed by atoms with Crippen LogP contribution >= 0.6 is 23.2 Å². The SMILES string of the molecule is Cc1ccc(C)c(NC(=O)Nc2cc(Cl)cc(Cl)c2)c1. The number of urea groups is 1. The summed E-state index contributed by atoms with van der Waals surface area (Å²) in [5.74, 6) is 0. The summed E-state index contributed by atoms with van der Waals surface area (Å²) < 4.78 is 0. The van der Waals surface area contributed by atoms with E-state index in [2.05, 4.69) is 10.6 Å². The van der Waals surface area contributed by atoms with Gasteiger partial charge in [0.15, 0.2) is 0 Å².